The van der Waals surface area contributed by atoms with Crippen LogP contribution >= 0.6 is 11.3 Å². The van der Waals surface area contributed by atoms with E-state index >= 15 is 0 Å². The van der Waals surface area contributed by atoms with Crippen molar-refractivity contribution in [2.45, 2.75) is 32.2 Å². The molecule has 10 heteroatoms. The molecule has 0 spiro atoms. The molecule has 0 radical (unpaired) electrons. The molecule has 1 aliphatic rings. The van der Waals surface area contributed by atoms with Crippen molar-refractivity contribution >= 4 is 37.5 Å². The maximum atomic E-state index is 13.0. The number of benzene rings is 2. The zero-order valence-electron chi connectivity index (χ0n) is 19.6. The first kappa shape index (κ1) is 24.7. The summed E-state index contributed by atoms with van der Waals surface area (Å²) in [5.41, 5.74) is 3.64. The van der Waals surface area contributed by atoms with Crippen molar-refractivity contribution in [3.05, 3.63) is 57.9 Å². The zero-order valence-corrected chi connectivity index (χ0v) is 21.2. The van der Waals surface area contributed by atoms with E-state index in [2.05, 4.69) is 24.0 Å². The van der Waals surface area contributed by atoms with Crippen molar-refractivity contribution < 1.29 is 22.7 Å². The normalized spacial score (nSPS) is 15.8. The van der Waals surface area contributed by atoms with E-state index in [4.69, 9.17) is 9.47 Å². The molecule has 1 aliphatic heterocycles. The van der Waals surface area contributed by atoms with Crippen LogP contribution < -0.4 is 4.80 Å². The van der Waals surface area contributed by atoms with Gasteiger partial charge in [0.05, 0.1) is 34.9 Å². The van der Waals surface area contributed by atoms with E-state index in [1.807, 2.05) is 18.4 Å². The molecule has 0 N–H and O–H groups in total. The highest BCUT2D eigenvalue weighted by atomic mass is 32.2. The third-order valence-corrected chi connectivity index (χ3v) is 8.83. The van der Waals surface area contributed by atoms with Gasteiger partial charge in [-0.1, -0.05) is 17.4 Å². The Kier molecular flexibility index (Phi) is 7.63. The minimum atomic E-state index is -3.61. The Morgan fingerprint density at radius 3 is 2.53 bits per heavy atom. The number of rotatable bonds is 7. The highest BCUT2D eigenvalue weighted by Crippen LogP contribution is 2.24. The molecule has 1 fully saturated rings. The maximum Gasteiger partial charge on any atom is 0.279 e. The van der Waals surface area contributed by atoms with E-state index in [9.17, 15) is 13.2 Å². The molecule has 2 aromatic carbocycles. The van der Waals surface area contributed by atoms with Crippen molar-refractivity contribution in [1.29, 1.82) is 0 Å². The Morgan fingerprint density at radius 2 is 1.85 bits per heavy atom. The van der Waals surface area contributed by atoms with Crippen molar-refractivity contribution in [2.75, 3.05) is 39.5 Å². The summed E-state index contributed by atoms with van der Waals surface area (Å²) in [5.74, 6) is -0.415. The first-order valence-corrected chi connectivity index (χ1v) is 13.5. The van der Waals surface area contributed by atoms with Crippen molar-refractivity contribution in [2.24, 2.45) is 4.99 Å². The Morgan fingerprint density at radius 1 is 1.15 bits per heavy atom. The van der Waals surface area contributed by atoms with E-state index in [0.717, 1.165) is 21.3 Å². The fourth-order valence-corrected chi connectivity index (χ4v) is 6.48. The molecule has 0 bridgehead atoms. The van der Waals surface area contributed by atoms with Gasteiger partial charge in [-0.25, -0.2) is 8.42 Å². The summed E-state index contributed by atoms with van der Waals surface area (Å²) < 4.78 is 41.0. The lowest BCUT2D eigenvalue weighted by Gasteiger charge is -2.26. The number of sulfonamides is 1. The average molecular weight is 504 g/mol. The molecule has 1 amide bonds. The van der Waals surface area contributed by atoms with Crippen molar-refractivity contribution in [1.82, 2.24) is 8.87 Å². The first-order chi connectivity index (χ1) is 16.3. The SMILES string of the molecule is CCOCCn1c(=NC(=O)c2ccc(S(=O)(=O)N3CCOCC3)cc2)sc2c(C)cc(C)cc21. The van der Waals surface area contributed by atoms with E-state index in [1.54, 1.807) is 0 Å². The van der Waals surface area contributed by atoms with Crippen LogP contribution in [0.25, 0.3) is 10.2 Å². The molecule has 4 rings (SSSR count). The number of morpholine rings is 1. The van der Waals surface area contributed by atoms with Crippen LogP contribution in [0.15, 0.2) is 46.3 Å². The van der Waals surface area contributed by atoms with Crippen LogP contribution in [0, 0.1) is 13.8 Å². The number of aryl methyl sites for hydroxylation is 2. The van der Waals surface area contributed by atoms with Crippen LogP contribution in [-0.2, 0) is 26.0 Å². The van der Waals surface area contributed by atoms with Gasteiger partial charge in [0.2, 0.25) is 10.0 Å². The summed E-state index contributed by atoms with van der Waals surface area (Å²) in [4.78, 5) is 18.2. The number of nitrogens with zero attached hydrogens (tertiary/aromatic N) is 3. The highest BCUT2D eigenvalue weighted by Gasteiger charge is 2.26. The van der Waals surface area contributed by atoms with Gasteiger partial charge in [0.1, 0.15) is 0 Å². The molecule has 2 heterocycles. The Hall–Kier alpha value is -2.37. The van der Waals surface area contributed by atoms with Gasteiger partial charge < -0.3 is 14.0 Å². The molecule has 0 aliphatic carbocycles. The molecule has 0 atom stereocenters. The first-order valence-electron chi connectivity index (χ1n) is 11.3. The number of carbonyl (C=O) groups is 1. The predicted molar refractivity (Wildman–Crippen MR) is 132 cm³/mol. The quantitative estimate of drug-likeness (QED) is 0.462. The molecule has 1 aromatic heterocycles. The third kappa shape index (κ3) is 5.16. The van der Waals surface area contributed by atoms with Crippen LogP contribution in [0.4, 0.5) is 0 Å². The molecule has 34 heavy (non-hydrogen) atoms. The van der Waals surface area contributed by atoms with Crippen LogP contribution in [0.1, 0.15) is 28.4 Å². The number of hydrogen-bond acceptors (Lipinski definition) is 6. The molecule has 8 nitrogen and oxygen atoms in total. The lowest BCUT2D eigenvalue weighted by atomic mass is 10.1. The largest absolute Gasteiger partial charge is 0.380 e. The molecular weight excluding hydrogens is 474 g/mol. The number of thiazole rings is 1. The van der Waals surface area contributed by atoms with Gasteiger partial charge in [0.25, 0.3) is 5.91 Å². The van der Waals surface area contributed by atoms with Crippen LogP contribution in [0.2, 0.25) is 0 Å². The van der Waals surface area contributed by atoms with Gasteiger partial charge >= 0.3 is 0 Å². The zero-order chi connectivity index (χ0) is 24.3. The second kappa shape index (κ2) is 10.5. The summed E-state index contributed by atoms with van der Waals surface area (Å²) in [7, 11) is -3.61. The van der Waals surface area contributed by atoms with Crippen molar-refractivity contribution in [3.8, 4) is 0 Å². The summed E-state index contributed by atoms with van der Waals surface area (Å²) in [6.07, 6.45) is 0. The molecule has 0 unspecified atom stereocenters. The Balaban J connectivity index is 1.66. The number of aromatic nitrogens is 1. The molecule has 182 valence electrons. The smallest absolute Gasteiger partial charge is 0.279 e. The molecular formula is C24H29N3O5S2. The fraction of sp³-hybridized carbons (Fsp3) is 0.417. The van der Waals surface area contributed by atoms with Gasteiger partial charge in [-0.2, -0.15) is 9.30 Å². The lowest BCUT2D eigenvalue weighted by Crippen LogP contribution is -2.40. The van der Waals surface area contributed by atoms with Gasteiger partial charge in [0, 0.05) is 31.8 Å². The predicted octanol–water partition coefficient (Wildman–Crippen LogP) is 3.12. The van der Waals surface area contributed by atoms with Crippen LogP contribution in [0.5, 0.6) is 0 Å². The lowest BCUT2D eigenvalue weighted by molar-refractivity contribution is 0.0730. The standard InChI is InChI=1S/C24H29N3O5S2/c1-4-31-14-11-27-21-16-17(2)15-18(3)22(21)33-24(27)25-23(28)19-5-7-20(8-6-19)34(29,30)26-9-12-32-13-10-26/h5-8,15-16H,4,9-14H2,1-3H3. The van der Waals surface area contributed by atoms with Gasteiger partial charge in [-0.3, -0.25) is 4.79 Å². The van der Waals surface area contributed by atoms with E-state index in [0.29, 0.717) is 56.4 Å². The van der Waals surface area contributed by atoms with E-state index in [-0.39, 0.29) is 4.90 Å². The summed E-state index contributed by atoms with van der Waals surface area (Å²) in [6, 6.07) is 10.2. The second-order valence-electron chi connectivity index (χ2n) is 8.12. The van der Waals surface area contributed by atoms with E-state index < -0.39 is 15.9 Å². The molecule has 0 saturated carbocycles. The Bertz CT molecular complexity index is 1350. The number of ether oxygens (including phenoxy) is 2. The molecule has 3 aromatic rings. The van der Waals surface area contributed by atoms with Gasteiger partial charge in [0.15, 0.2) is 4.80 Å². The van der Waals surface area contributed by atoms with Crippen LogP contribution in [-0.4, -0.2) is 62.7 Å². The number of amides is 1. The monoisotopic (exact) mass is 503 g/mol. The fourth-order valence-electron chi connectivity index (χ4n) is 3.97. The number of hydrogen-bond donors (Lipinski definition) is 0. The summed E-state index contributed by atoms with van der Waals surface area (Å²) in [6.45, 7) is 9.18. The van der Waals surface area contributed by atoms with Gasteiger partial charge in [-0.05, 0) is 62.2 Å². The number of carbonyl (C=O) groups excluding carboxylic acids is 1. The maximum absolute atomic E-state index is 13.0. The van der Waals surface area contributed by atoms with Crippen molar-refractivity contribution in [3.63, 3.8) is 0 Å². The number of fused-ring (bicyclic) bond motifs is 1. The van der Waals surface area contributed by atoms with E-state index in [1.165, 1.54) is 39.9 Å². The Labute approximate surface area is 203 Å². The average Bonchev–Trinajstić information content (AvgIpc) is 3.17. The topological polar surface area (TPSA) is 90.2 Å². The third-order valence-electron chi connectivity index (χ3n) is 5.68. The molecule has 1 saturated heterocycles. The minimum absolute atomic E-state index is 0.158. The summed E-state index contributed by atoms with van der Waals surface area (Å²) in [5, 5.41) is 0. The minimum Gasteiger partial charge on any atom is -0.380 e. The summed E-state index contributed by atoms with van der Waals surface area (Å²) >= 11 is 1.47. The van der Waals surface area contributed by atoms with Crippen LogP contribution in [0.3, 0.4) is 0 Å². The second-order valence-corrected chi connectivity index (χ2v) is 11.0. The van der Waals surface area contributed by atoms with Gasteiger partial charge in [-0.15, -0.1) is 0 Å². The highest BCUT2D eigenvalue weighted by molar-refractivity contribution is 7.89.